The Labute approximate surface area is 130 Å². The molecule has 1 heterocycles. The van der Waals surface area contributed by atoms with Gasteiger partial charge in [-0.2, -0.15) is 0 Å². The van der Waals surface area contributed by atoms with Crippen molar-refractivity contribution in [3.05, 3.63) is 66.0 Å². The largest absolute Gasteiger partial charge is 0.493 e. The predicted octanol–water partition coefficient (Wildman–Crippen LogP) is 3.20. The molecule has 2 aromatic rings. The molecule has 0 unspecified atom stereocenters. The molecule has 1 aromatic carbocycles. The van der Waals surface area contributed by atoms with E-state index in [1.165, 1.54) is 6.08 Å². The van der Waals surface area contributed by atoms with Crippen molar-refractivity contribution in [3.63, 3.8) is 0 Å². The highest BCUT2D eigenvalue weighted by atomic mass is 16.5. The molecule has 0 atom stereocenters. The molecule has 4 heteroatoms. The molecule has 1 aromatic heterocycles. The summed E-state index contributed by atoms with van der Waals surface area (Å²) in [7, 11) is 0. The van der Waals surface area contributed by atoms with Gasteiger partial charge in [-0.3, -0.25) is 9.78 Å². The van der Waals surface area contributed by atoms with Gasteiger partial charge in [0, 0.05) is 30.6 Å². The van der Waals surface area contributed by atoms with E-state index in [9.17, 15) is 4.79 Å². The number of benzene rings is 1. The normalized spacial score (nSPS) is 10.6. The SMILES string of the molecule is CCCOc1ccccc1/C=C/C(=O)NCc1ccncc1. The van der Waals surface area contributed by atoms with Gasteiger partial charge in [-0.15, -0.1) is 0 Å². The molecule has 0 fully saturated rings. The standard InChI is InChI=1S/C18H20N2O2/c1-2-13-22-17-6-4-3-5-16(17)7-8-18(21)20-14-15-9-11-19-12-10-15/h3-12H,2,13-14H2,1H3,(H,20,21)/b8-7+. The molecule has 0 bridgehead atoms. The number of nitrogens with one attached hydrogen (secondary N) is 1. The smallest absolute Gasteiger partial charge is 0.244 e. The first kappa shape index (κ1) is 15.8. The molecule has 0 saturated carbocycles. The van der Waals surface area contributed by atoms with E-state index in [-0.39, 0.29) is 5.91 Å². The minimum atomic E-state index is -0.137. The van der Waals surface area contributed by atoms with Crippen LogP contribution in [0.3, 0.4) is 0 Å². The lowest BCUT2D eigenvalue weighted by Crippen LogP contribution is -2.20. The number of amides is 1. The molecular formula is C18H20N2O2. The minimum absolute atomic E-state index is 0.137. The summed E-state index contributed by atoms with van der Waals surface area (Å²) in [6.07, 6.45) is 7.66. The van der Waals surface area contributed by atoms with Crippen LogP contribution in [0.2, 0.25) is 0 Å². The summed E-state index contributed by atoms with van der Waals surface area (Å²) >= 11 is 0. The van der Waals surface area contributed by atoms with Crippen LogP contribution in [0.25, 0.3) is 6.08 Å². The Morgan fingerprint density at radius 1 is 1.23 bits per heavy atom. The Balaban J connectivity index is 1.92. The minimum Gasteiger partial charge on any atom is -0.493 e. The van der Waals surface area contributed by atoms with Crippen LogP contribution in [0, 0.1) is 0 Å². The number of hydrogen-bond donors (Lipinski definition) is 1. The first-order chi connectivity index (χ1) is 10.8. The second-order valence-electron chi connectivity index (χ2n) is 4.79. The average Bonchev–Trinajstić information content (AvgIpc) is 2.58. The number of rotatable bonds is 7. The van der Waals surface area contributed by atoms with Crippen LogP contribution in [0.5, 0.6) is 5.75 Å². The Morgan fingerprint density at radius 3 is 2.77 bits per heavy atom. The van der Waals surface area contributed by atoms with Gasteiger partial charge in [0.25, 0.3) is 0 Å². The molecule has 4 nitrogen and oxygen atoms in total. The number of para-hydroxylation sites is 1. The average molecular weight is 296 g/mol. The quantitative estimate of drug-likeness (QED) is 0.798. The summed E-state index contributed by atoms with van der Waals surface area (Å²) < 4.78 is 5.66. The van der Waals surface area contributed by atoms with Gasteiger partial charge in [0.1, 0.15) is 5.75 Å². The van der Waals surface area contributed by atoms with Crippen molar-refractivity contribution >= 4 is 12.0 Å². The zero-order valence-corrected chi connectivity index (χ0v) is 12.7. The third-order valence-electron chi connectivity index (χ3n) is 3.01. The van der Waals surface area contributed by atoms with Crippen molar-refractivity contribution in [1.82, 2.24) is 10.3 Å². The number of carbonyl (C=O) groups is 1. The van der Waals surface area contributed by atoms with Crippen LogP contribution in [-0.4, -0.2) is 17.5 Å². The predicted molar refractivity (Wildman–Crippen MR) is 87.3 cm³/mol. The second kappa shape index (κ2) is 8.62. The highest BCUT2D eigenvalue weighted by Gasteiger charge is 2.01. The van der Waals surface area contributed by atoms with E-state index in [4.69, 9.17) is 4.74 Å². The molecule has 0 spiro atoms. The Hall–Kier alpha value is -2.62. The number of carbonyl (C=O) groups excluding carboxylic acids is 1. The van der Waals surface area contributed by atoms with Crippen LogP contribution in [0.15, 0.2) is 54.9 Å². The van der Waals surface area contributed by atoms with E-state index in [0.29, 0.717) is 13.2 Å². The summed E-state index contributed by atoms with van der Waals surface area (Å²) in [4.78, 5) is 15.8. The Morgan fingerprint density at radius 2 is 2.00 bits per heavy atom. The van der Waals surface area contributed by atoms with Crippen LogP contribution in [0.4, 0.5) is 0 Å². The monoisotopic (exact) mass is 296 g/mol. The first-order valence-electron chi connectivity index (χ1n) is 7.36. The topological polar surface area (TPSA) is 51.2 Å². The van der Waals surface area contributed by atoms with E-state index < -0.39 is 0 Å². The molecule has 1 amide bonds. The lowest BCUT2D eigenvalue weighted by molar-refractivity contribution is -0.116. The van der Waals surface area contributed by atoms with Gasteiger partial charge >= 0.3 is 0 Å². The van der Waals surface area contributed by atoms with E-state index >= 15 is 0 Å². The van der Waals surface area contributed by atoms with Crippen LogP contribution in [0.1, 0.15) is 24.5 Å². The third kappa shape index (κ3) is 5.05. The number of nitrogens with zero attached hydrogens (tertiary/aromatic N) is 1. The zero-order valence-electron chi connectivity index (χ0n) is 12.7. The maximum Gasteiger partial charge on any atom is 0.244 e. The lowest BCUT2D eigenvalue weighted by atomic mass is 10.2. The van der Waals surface area contributed by atoms with Crippen molar-refractivity contribution < 1.29 is 9.53 Å². The van der Waals surface area contributed by atoms with Crippen LogP contribution < -0.4 is 10.1 Å². The molecule has 0 saturated heterocycles. The number of hydrogen-bond acceptors (Lipinski definition) is 3. The van der Waals surface area contributed by atoms with Crippen molar-refractivity contribution in [2.75, 3.05) is 6.61 Å². The Kier molecular flexibility index (Phi) is 6.18. The fourth-order valence-electron chi connectivity index (χ4n) is 1.88. The van der Waals surface area contributed by atoms with Crippen molar-refractivity contribution in [1.29, 1.82) is 0 Å². The third-order valence-corrected chi connectivity index (χ3v) is 3.01. The van der Waals surface area contributed by atoms with E-state index in [2.05, 4.69) is 17.2 Å². The van der Waals surface area contributed by atoms with Gasteiger partial charge in [-0.05, 0) is 36.3 Å². The molecule has 0 aliphatic carbocycles. The van der Waals surface area contributed by atoms with Gasteiger partial charge in [-0.1, -0.05) is 25.1 Å². The molecule has 114 valence electrons. The summed E-state index contributed by atoms with van der Waals surface area (Å²) in [5.41, 5.74) is 1.92. The molecule has 0 radical (unpaired) electrons. The molecule has 2 rings (SSSR count). The van der Waals surface area contributed by atoms with Crippen LogP contribution in [-0.2, 0) is 11.3 Å². The zero-order chi connectivity index (χ0) is 15.6. The van der Waals surface area contributed by atoms with Crippen molar-refractivity contribution in [3.8, 4) is 5.75 Å². The highest BCUT2D eigenvalue weighted by Crippen LogP contribution is 2.19. The van der Waals surface area contributed by atoms with E-state index in [1.54, 1.807) is 18.5 Å². The first-order valence-corrected chi connectivity index (χ1v) is 7.36. The van der Waals surface area contributed by atoms with E-state index in [1.807, 2.05) is 36.4 Å². The maximum atomic E-state index is 11.9. The van der Waals surface area contributed by atoms with Crippen molar-refractivity contribution in [2.24, 2.45) is 0 Å². The Bertz CT molecular complexity index is 624. The maximum absolute atomic E-state index is 11.9. The fourth-order valence-corrected chi connectivity index (χ4v) is 1.88. The molecule has 1 N–H and O–H groups in total. The lowest BCUT2D eigenvalue weighted by Gasteiger charge is -2.07. The van der Waals surface area contributed by atoms with Gasteiger partial charge in [-0.25, -0.2) is 0 Å². The van der Waals surface area contributed by atoms with Crippen molar-refractivity contribution in [2.45, 2.75) is 19.9 Å². The highest BCUT2D eigenvalue weighted by molar-refractivity contribution is 5.92. The van der Waals surface area contributed by atoms with Gasteiger partial charge in [0.05, 0.1) is 6.61 Å². The van der Waals surface area contributed by atoms with Crippen LogP contribution >= 0.6 is 0 Å². The fraction of sp³-hybridized carbons (Fsp3) is 0.222. The van der Waals surface area contributed by atoms with Gasteiger partial charge in [0.15, 0.2) is 0 Å². The van der Waals surface area contributed by atoms with Gasteiger partial charge in [0.2, 0.25) is 5.91 Å². The molecule has 0 aliphatic heterocycles. The number of ether oxygens (including phenoxy) is 1. The molecule has 0 aliphatic rings. The second-order valence-corrected chi connectivity index (χ2v) is 4.79. The summed E-state index contributed by atoms with van der Waals surface area (Å²) in [6, 6.07) is 11.4. The summed E-state index contributed by atoms with van der Waals surface area (Å²) in [6.45, 7) is 3.21. The number of aromatic nitrogens is 1. The van der Waals surface area contributed by atoms with Gasteiger partial charge < -0.3 is 10.1 Å². The molecular weight excluding hydrogens is 276 g/mol. The number of pyridine rings is 1. The molecule has 22 heavy (non-hydrogen) atoms. The summed E-state index contributed by atoms with van der Waals surface area (Å²) in [5.74, 6) is 0.657. The summed E-state index contributed by atoms with van der Waals surface area (Å²) in [5, 5.41) is 2.84. The van der Waals surface area contributed by atoms with E-state index in [0.717, 1.165) is 23.3 Å².